The fraction of sp³-hybridized carbons (Fsp3) is 0.0244. The molecule has 0 atom stereocenters. The Balaban J connectivity index is 1.02. The average molecular weight is 1100 g/mol. The molecule has 5 heteroatoms. The molecule has 4 aromatic heterocycles. The Morgan fingerprint density at radius 3 is 1.44 bits per heavy atom. The van der Waals surface area contributed by atoms with Crippen LogP contribution in [0.25, 0.3) is 176 Å². The second-order valence-corrected chi connectivity index (χ2v) is 24.4. The molecule has 0 N–H and O–H groups in total. The quantitative estimate of drug-likeness (QED) is 0.121. The zero-order valence-corrected chi connectivity index (χ0v) is 47.8. The first kappa shape index (κ1) is 47.2. The van der Waals surface area contributed by atoms with Crippen LogP contribution >= 0.6 is 0 Å². The molecule has 0 spiro atoms. The zero-order valence-electron chi connectivity index (χ0n) is 47.8. The van der Waals surface area contributed by atoms with Crippen LogP contribution < -0.4 is 16.4 Å². The normalized spacial score (nSPS) is 12.7. The molecule has 0 unspecified atom stereocenters. The summed E-state index contributed by atoms with van der Waals surface area (Å²) in [5, 5.41) is 17.8. The molecule has 0 saturated heterocycles. The van der Waals surface area contributed by atoms with Crippen molar-refractivity contribution >= 4 is 132 Å². The predicted molar refractivity (Wildman–Crippen MR) is 370 cm³/mol. The Morgan fingerprint density at radius 2 is 0.770 bits per heavy atom. The molecule has 402 valence electrons. The molecule has 0 saturated carbocycles. The van der Waals surface area contributed by atoms with Gasteiger partial charge in [-0.25, -0.2) is 0 Å². The van der Waals surface area contributed by atoms with Crippen molar-refractivity contribution in [2.45, 2.75) is 0 Å². The zero-order chi connectivity index (χ0) is 56.9. The number of aromatic nitrogens is 4. The first-order valence-electron chi connectivity index (χ1n) is 30.4. The number of nitrogens with zero attached hydrogens (tertiary/aromatic N) is 4. The van der Waals surface area contributed by atoms with Gasteiger partial charge in [0.2, 0.25) is 0 Å². The summed E-state index contributed by atoms with van der Waals surface area (Å²) in [4.78, 5) is 0. The summed E-state index contributed by atoms with van der Waals surface area (Å²) in [6, 6.07) is 99.1. The van der Waals surface area contributed by atoms with Gasteiger partial charge in [0.15, 0.2) is 0 Å². The largest absolute Gasteiger partial charge is 0.350 e. The van der Waals surface area contributed by atoms with Crippen molar-refractivity contribution in [3.63, 3.8) is 0 Å². The standard InChI is InChI=1S/C82H51BN4/c1-84-46-66(58-30-14-17-36-70(58)84)61-34-20-35-62(67-47-85(2)71-37-18-15-31-59(67)71)76(61)51-44-74-80-75(45-51)87-73-40-39-63-57-29-11-10-27-55(57)56-28-12-13-32-60(56)77(63)79(73)65-41-50(53-25-9-8-24-52(53)48-21-4-3-5-22-48)43-68(81(65)87)83(80)69-42-49-23-6-7-26-54(49)78-64-33-16-19-38-72(64)86(74)82(69)78/h3-47H,1-2H3. The molecule has 0 radical (unpaired) electrons. The van der Waals surface area contributed by atoms with Gasteiger partial charge in [0, 0.05) is 103 Å². The maximum absolute atomic E-state index is 2.71. The van der Waals surface area contributed by atoms with E-state index in [-0.39, 0.29) is 6.71 Å². The minimum Gasteiger partial charge on any atom is -0.350 e. The van der Waals surface area contributed by atoms with Gasteiger partial charge in [-0.3, -0.25) is 0 Å². The molecular formula is C82H51BN4. The van der Waals surface area contributed by atoms with Gasteiger partial charge in [-0.1, -0.05) is 218 Å². The van der Waals surface area contributed by atoms with E-state index < -0.39 is 0 Å². The minimum absolute atomic E-state index is 0.134. The second-order valence-electron chi connectivity index (χ2n) is 24.4. The van der Waals surface area contributed by atoms with E-state index in [9.17, 15) is 0 Å². The summed E-state index contributed by atoms with van der Waals surface area (Å²) in [5.41, 5.74) is 25.9. The highest BCUT2D eigenvalue weighted by Gasteiger charge is 2.43. The Bertz CT molecular complexity index is 5970. The van der Waals surface area contributed by atoms with Crippen molar-refractivity contribution in [3.05, 3.63) is 273 Å². The Kier molecular flexibility index (Phi) is 9.37. The molecule has 0 aliphatic carbocycles. The van der Waals surface area contributed by atoms with Crippen LogP contribution in [0.2, 0.25) is 0 Å². The third-order valence-electron chi connectivity index (χ3n) is 20.0. The molecule has 0 bridgehead atoms. The van der Waals surface area contributed by atoms with E-state index in [1.165, 1.54) is 192 Å². The molecule has 18 aromatic rings. The van der Waals surface area contributed by atoms with Crippen LogP contribution in [0.5, 0.6) is 0 Å². The second kappa shape index (κ2) is 17.3. The third-order valence-corrected chi connectivity index (χ3v) is 20.0. The van der Waals surface area contributed by atoms with Crippen LogP contribution in [-0.4, -0.2) is 25.0 Å². The number of hydrogen-bond donors (Lipinski definition) is 0. The van der Waals surface area contributed by atoms with E-state index in [1.54, 1.807) is 0 Å². The smallest absolute Gasteiger partial charge is 0.252 e. The van der Waals surface area contributed by atoms with Crippen LogP contribution in [0.3, 0.4) is 0 Å². The highest BCUT2D eigenvalue weighted by atomic mass is 15.0. The van der Waals surface area contributed by atoms with Gasteiger partial charge in [-0.15, -0.1) is 0 Å². The number of rotatable bonds is 5. The summed E-state index contributed by atoms with van der Waals surface area (Å²) in [7, 11) is 4.38. The first-order chi connectivity index (χ1) is 43.0. The number of para-hydroxylation sites is 3. The lowest BCUT2D eigenvalue weighted by molar-refractivity contribution is 0.970. The molecule has 14 aromatic carbocycles. The van der Waals surface area contributed by atoms with Gasteiger partial charge in [0.05, 0.1) is 16.6 Å². The van der Waals surface area contributed by atoms with E-state index in [2.05, 4.69) is 306 Å². The molecule has 2 aliphatic heterocycles. The summed E-state index contributed by atoms with van der Waals surface area (Å²) in [5.74, 6) is 0. The van der Waals surface area contributed by atoms with E-state index in [0.717, 1.165) is 0 Å². The SMILES string of the molecule is Cn1cc(-c2cccc(-c3cn(C)c4ccccc34)c2-c2cc3c4c(c2)-n2c5ccccc5c5c6ccccc6cc(c52)B4c2cc(-c4ccccc4-c4ccccc4)cc4c5c6c7ccccc7c7ccccc7c6ccc5n-3c24)c2ccccc21. The Hall–Kier alpha value is -11.1. The van der Waals surface area contributed by atoms with Crippen molar-refractivity contribution in [1.29, 1.82) is 0 Å². The van der Waals surface area contributed by atoms with Gasteiger partial charge >= 0.3 is 0 Å². The molecule has 0 amide bonds. The number of aryl methyl sites for hydroxylation is 2. The highest BCUT2D eigenvalue weighted by Crippen LogP contribution is 2.51. The summed E-state index contributed by atoms with van der Waals surface area (Å²) >= 11 is 0. The molecule has 2 aliphatic rings. The van der Waals surface area contributed by atoms with E-state index in [0.29, 0.717) is 0 Å². The third kappa shape index (κ3) is 6.22. The maximum Gasteiger partial charge on any atom is 0.252 e. The maximum atomic E-state index is 2.71. The molecule has 4 nitrogen and oxygen atoms in total. The molecule has 20 rings (SSSR count). The van der Waals surface area contributed by atoms with Crippen molar-refractivity contribution in [3.8, 4) is 67.0 Å². The van der Waals surface area contributed by atoms with Crippen LogP contribution in [0, 0.1) is 0 Å². The topological polar surface area (TPSA) is 19.7 Å². The van der Waals surface area contributed by atoms with Gasteiger partial charge in [-0.2, -0.15) is 0 Å². The van der Waals surface area contributed by atoms with Gasteiger partial charge in [0.25, 0.3) is 6.71 Å². The van der Waals surface area contributed by atoms with E-state index in [4.69, 9.17) is 0 Å². The monoisotopic (exact) mass is 1100 g/mol. The van der Waals surface area contributed by atoms with Crippen molar-refractivity contribution in [1.82, 2.24) is 18.3 Å². The predicted octanol–water partition coefficient (Wildman–Crippen LogP) is 19.0. The first-order valence-corrected chi connectivity index (χ1v) is 30.4. The number of fused-ring (bicyclic) bond motifs is 21. The molecular weight excluding hydrogens is 1050 g/mol. The van der Waals surface area contributed by atoms with Gasteiger partial charge in [0.1, 0.15) is 0 Å². The van der Waals surface area contributed by atoms with Crippen molar-refractivity contribution in [2.24, 2.45) is 14.1 Å². The van der Waals surface area contributed by atoms with Crippen molar-refractivity contribution < 1.29 is 0 Å². The van der Waals surface area contributed by atoms with Gasteiger partial charge < -0.3 is 18.3 Å². The van der Waals surface area contributed by atoms with E-state index >= 15 is 0 Å². The highest BCUT2D eigenvalue weighted by molar-refractivity contribution is 7.00. The minimum atomic E-state index is -0.134. The number of benzene rings is 14. The lowest BCUT2D eigenvalue weighted by atomic mass is 9.34. The van der Waals surface area contributed by atoms with Crippen LogP contribution in [-0.2, 0) is 14.1 Å². The lowest BCUT2D eigenvalue weighted by Crippen LogP contribution is -2.59. The van der Waals surface area contributed by atoms with Gasteiger partial charge in [-0.05, 0) is 141 Å². The Labute approximate surface area is 501 Å². The summed E-state index contributed by atoms with van der Waals surface area (Å²) in [6.07, 6.45) is 4.70. The van der Waals surface area contributed by atoms with Crippen LogP contribution in [0.1, 0.15) is 0 Å². The Morgan fingerprint density at radius 1 is 0.276 bits per heavy atom. The number of hydrogen-bond acceptors (Lipinski definition) is 0. The molecule has 87 heavy (non-hydrogen) atoms. The van der Waals surface area contributed by atoms with Crippen LogP contribution in [0.15, 0.2) is 273 Å². The lowest BCUT2D eigenvalue weighted by Gasteiger charge is -2.35. The van der Waals surface area contributed by atoms with E-state index in [1.807, 2.05) is 0 Å². The summed E-state index contributed by atoms with van der Waals surface area (Å²) < 4.78 is 9.98. The molecule has 0 fully saturated rings. The van der Waals surface area contributed by atoms with Crippen LogP contribution in [0.4, 0.5) is 0 Å². The fourth-order valence-corrected chi connectivity index (χ4v) is 16.6. The van der Waals surface area contributed by atoms with Crippen molar-refractivity contribution in [2.75, 3.05) is 0 Å². The fourth-order valence-electron chi connectivity index (χ4n) is 16.6. The molecule has 6 heterocycles. The average Bonchev–Trinajstić information content (AvgIpc) is 1.58. The summed E-state index contributed by atoms with van der Waals surface area (Å²) in [6.45, 7) is -0.134.